The van der Waals surface area contributed by atoms with Crippen LogP contribution in [0.1, 0.15) is 198 Å². The molecular weight excluding hydrogens is 965 g/mol. The van der Waals surface area contributed by atoms with Gasteiger partial charge < -0.3 is 20.1 Å². The molecule has 3 amide bonds. The fourth-order valence-electron chi connectivity index (χ4n) is 9.12. The van der Waals surface area contributed by atoms with E-state index in [9.17, 15) is 29.7 Å². The van der Waals surface area contributed by atoms with Gasteiger partial charge in [-0.15, -0.1) is 0 Å². The highest BCUT2D eigenvalue weighted by molar-refractivity contribution is 5.93. The molecule has 0 unspecified atom stereocenters. The first-order valence-corrected chi connectivity index (χ1v) is 26.8. The van der Waals surface area contributed by atoms with Crippen molar-refractivity contribution in [3.05, 3.63) is 53.5 Å². The normalized spacial score (nSPS) is 16.5. The van der Waals surface area contributed by atoms with Crippen LogP contribution in [0.3, 0.4) is 0 Å². The number of nitrogens with zero attached hydrogens (tertiary/aromatic N) is 9. The summed E-state index contributed by atoms with van der Waals surface area (Å²) >= 11 is 0. The summed E-state index contributed by atoms with van der Waals surface area (Å²) in [4.78, 5) is 64.9. The summed E-state index contributed by atoms with van der Waals surface area (Å²) < 4.78 is 11.1. The van der Waals surface area contributed by atoms with Crippen molar-refractivity contribution in [3.8, 4) is 0 Å². The third-order valence-corrected chi connectivity index (χ3v) is 13.4. The van der Waals surface area contributed by atoms with E-state index in [0.717, 1.165) is 54.4 Å². The smallest absolute Gasteiger partial charge is 0.227 e. The second-order valence-electron chi connectivity index (χ2n) is 26.8. The number of imidazole rings is 3. The van der Waals surface area contributed by atoms with E-state index in [2.05, 4.69) is 40.9 Å². The quantitative estimate of drug-likeness (QED) is 0.0708. The predicted molar refractivity (Wildman–Crippen MR) is 297 cm³/mol. The molecule has 6 aromatic rings. The van der Waals surface area contributed by atoms with Crippen LogP contribution in [0.15, 0.2) is 36.4 Å². The van der Waals surface area contributed by atoms with Crippen molar-refractivity contribution in [2.45, 2.75) is 203 Å². The number of nitrogens with one attached hydrogen (secondary N) is 3. The molecule has 3 aliphatic rings. The Hall–Kier alpha value is -5.89. The minimum absolute atomic E-state index is 0.0360. The van der Waals surface area contributed by atoms with Crippen molar-refractivity contribution in [1.29, 1.82) is 0 Å². The van der Waals surface area contributed by atoms with Crippen molar-refractivity contribution in [1.82, 2.24) is 43.6 Å². The lowest BCUT2D eigenvalue weighted by atomic mass is 9.92. The first-order valence-electron chi connectivity index (χ1n) is 26.8. The molecule has 19 nitrogen and oxygen atoms in total. The fraction of sp³-hybridized carbons (Fsp3) is 0.632. The number of fused-ring (bicyclic) bond motifs is 3. The average molecular weight is 1050 g/mol. The highest BCUT2D eigenvalue weighted by Crippen LogP contribution is 2.40. The van der Waals surface area contributed by atoms with Crippen LogP contribution in [0.5, 0.6) is 0 Å². The van der Waals surface area contributed by atoms with E-state index in [-0.39, 0.29) is 52.7 Å². The third kappa shape index (κ3) is 14.0. The fourth-order valence-corrected chi connectivity index (χ4v) is 9.12. The lowest BCUT2D eigenvalue weighted by molar-refractivity contribution is -0.186. The summed E-state index contributed by atoms with van der Waals surface area (Å²) in [6.45, 7) is 31.8. The zero-order valence-electron chi connectivity index (χ0n) is 47.9. The van der Waals surface area contributed by atoms with Gasteiger partial charge in [0.1, 0.15) is 27.8 Å². The van der Waals surface area contributed by atoms with Crippen LogP contribution in [-0.4, -0.2) is 89.9 Å². The van der Waals surface area contributed by atoms with Crippen LogP contribution in [0.4, 0.5) is 17.8 Å². The summed E-state index contributed by atoms with van der Waals surface area (Å²) in [5, 5.41) is 39.9. The number of anilines is 3. The second kappa shape index (κ2) is 21.2. The Morgan fingerprint density at radius 1 is 0.526 bits per heavy atom. The molecule has 6 N–H and O–H groups in total. The number of pyridine rings is 3. The maximum Gasteiger partial charge on any atom is 0.227 e. The van der Waals surface area contributed by atoms with Gasteiger partial charge in [0.15, 0.2) is 22.5 Å². The SMILES string of the molecule is CC(C)(C)CC(=O)Nc1nc2ccc(C(C)(C)O)nc2n1C(C)(C)C.CC(C)(C)CC(=O)Nc1nc2ccc(C(C)(C)O)nc2n1C1CCC1.CC(C)(C)CC(=O)Nc1nc2ccc(C3(O)COC3)nc2n1C1CCC1. The number of hydrogen-bond acceptors (Lipinski definition) is 13. The van der Waals surface area contributed by atoms with E-state index in [1.165, 1.54) is 6.42 Å². The summed E-state index contributed by atoms with van der Waals surface area (Å²) in [6.07, 6.45) is 7.81. The Morgan fingerprint density at radius 2 is 0.882 bits per heavy atom. The molecule has 414 valence electrons. The molecule has 0 aromatic carbocycles. The van der Waals surface area contributed by atoms with E-state index < -0.39 is 16.8 Å². The Morgan fingerprint density at radius 3 is 1.22 bits per heavy atom. The van der Waals surface area contributed by atoms with Gasteiger partial charge in [0.2, 0.25) is 35.6 Å². The Balaban J connectivity index is 0.000000166. The topological polar surface area (TPSA) is 249 Å². The molecule has 1 saturated heterocycles. The lowest BCUT2D eigenvalue weighted by Crippen LogP contribution is -2.47. The van der Waals surface area contributed by atoms with Crippen molar-refractivity contribution >= 4 is 69.1 Å². The summed E-state index contributed by atoms with van der Waals surface area (Å²) in [6, 6.07) is 11.5. The Kier molecular flexibility index (Phi) is 16.1. The van der Waals surface area contributed by atoms with Gasteiger partial charge in [-0.05, 0) is 140 Å². The summed E-state index contributed by atoms with van der Waals surface area (Å²) in [7, 11) is 0. The highest BCUT2D eigenvalue weighted by Gasteiger charge is 2.40. The maximum absolute atomic E-state index is 12.4. The largest absolute Gasteiger partial charge is 0.384 e. The van der Waals surface area contributed by atoms with Crippen molar-refractivity contribution in [3.63, 3.8) is 0 Å². The molecule has 0 radical (unpaired) electrons. The van der Waals surface area contributed by atoms with E-state index in [0.29, 0.717) is 77.4 Å². The molecule has 0 spiro atoms. The molecule has 7 heterocycles. The molecule has 0 atom stereocenters. The van der Waals surface area contributed by atoms with Gasteiger partial charge >= 0.3 is 0 Å². The van der Waals surface area contributed by atoms with Crippen molar-refractivity contribution in [2.24, 2.45) is 16.2 Å². The van der Waals surface area contributed by atoms with Crippen LogP contribution >= 0.6 is 0 Å². The molecule has 19 heteroatoms. The number of ether oxygens (including phenoxy) is 1. The number of amides is 3. The predicted octanol–water partition coefficient (Wildman–Crippen LogP) is 10.3. The molecule has 9 rings (SSSR count). The van der Waals surface area contributed by atoms with Crippen LogP contribution in [0.2, 0.25) is 0 Å². The third-order valence-electron chi connectivity index (χ3n) is 13.4. The molecule has 0 bridgehead atoms. The first-order chi connectivity index (χ1) is 35.0. The monoisotopic (exact) mass is 1050 g/mol. The molecule has 2 saturated carbocycles. The molecule has 1 aliphatic heterocycles. The van der Waals surface area contributed by atoms with Gasteiger partial charge in [-0.25, -0.2) is 29.9 Å². The van der Waals surface area contributed by atoms with Gasteiger partial charge in [0, 0.05) is 36.9 Å². The standard InChI is InChI=1S/C19H26N4O3.C19H28N4O2.C19H30N4O2/c1-18(2,3)9-15(24)22-17-20-13-7-8-14(19(25)10-26-11-19)21-16(13)23(17)12-5-4-6-12;1-18(2,3)11-15(24)22-17-20-13-9-10-14(19(4,5)25)21-16(13)23(17)12-7-6-8-12;1-17(2,3)11-14(24)22-16-20-12-9-10-13(19(7,8)25)21-15(12)23(16)18(4,5)6/h7-8,12,25H,4-6,9-11H2,1-3H3,(H,20,22,24);9-10,12,25H,6-8,11H2,1-5H3,(H,20,22,24);9-10,25H,11H2,1-8H3,(H,20,22,24). The summed E-state index contributed by atoms with van der Waals surface area (Å²) in [5.74, 6) is 1.45. The van der Waals surface area contributed by atoms with E-state index in [1.807, 2.05) is 115 Å². The first kappa shape index (κ1) is 57.8. The lowest BCUT2D eigenvalue weighted by Gasteiger charge is -2.35. The second-order valence-corrected chi connectivity index (χ2v) is 26.8. The number of aliphatic hydroxyl groups is 3. The molecule has 6 aromatic heterocycles. The van der Waals surface area contributed by atoms with E-state index in [1.54, 1.807) is 45.9 Å². The van der Waals surface area contributed by atoms with Crippen LogP contribution < -0.4 is 16.0 Å². The highest BCUT2D eigenvalue weighted by atomic mass is 16.5. The van der Waals surface area contributed by atoms with E-state index in [4.69, 9.17) is 9.72 Å². The van der Waals surface area contributed by atoms with Gasteiger partial charge in [0.05, 0.1) is 30.3 Å². The van der Waals surface area contributed by atoms with Gasteiger partial charge in [-0.3, -0.25) is 44.0 Å². The zero-order valence-corrected chi connectivity index (χ0v) is 47.9. The van der Waals surface area contributed by atoms with Gasteiger partial charge in [0.25, 0.3) is 0 Å². The maximum atomic E-state index is 12.4. The number of hydrogen-bond donors (Lipinski definition) is 6. The minimum atomic E-state index is -1.04. The number of rotatable bonds is 11. The Bertz CT molecular complexity index is 3080. The molecule has 76 heavy (non-hydrogen) atoms. The molecule has 3 fully saturated rings. The van der Waals surface area contributed by atoms with Crippen LogP contribution in [-0.2, 0) is 41.5 Å². The number of carbonyl (C=O) groups is 3. The van der Waals surface area contributed by atoms with Crippen molar-refractivity contribution < 1.29 is 34.4 Å². The Labute approximate surface area is 447 Å². The van der Waals surface area contributed by atoms with E-state index >= 15 is 0 Å². The molecular formula is C57H84N12O7. The van der Waals surface area contributed by atoms with Gasteiger partial charge in [-0.1, -0.05) is 62.3 Å². The van der Waals surface area contributed by atoms with Crippen molar-refractivity contribution in [2.75, 3.05) is 29.2 Å². The average Bonchev–Trinajstić information content (AvgIpc) is 3.86. The zero-order chi connectivity index (χ0) is 56.1. The van der Waals surface area contributed by atoms with Gasteiger partial charge in [-0.2, -0.15) is 0 Å². The number of aromatic nitrogens is 9. The molecule has 2 aliphatic carbocycles. The number of carbonyl (C=O) groups excluding carboxylic acids is 3. The van der Waals surface area contributed by atoms with Crippen LogP contribution in [0.25, 0.3) is 33.5 Å². The van der Waals surface area contributed by atoms with Crippen LogP contribution in [0, 0.1) is 16.2 Å². The minimum Gasteiger partial charge on any atom is -0.384 e. The summed E-state index contributed by atoms with van der Waals surface area (Å²) in [5.41, 5.74) is 2.37.